The molecule has 3 nitrogen and oxygen atoms in total. The molecule has 1 heterocycles. The number of aryl methyl sites for hydroxylation is 2. The van der Waals surface area contributed by atoms with Crippen LogP contribution >= 0.6 is 0 Å². The van der Waals surface area contributed by atoms with Gasteiger partial charge < -0.3 is 5.11 Å². The van der Waals surface area contributed by atoms with E-state index in [0.29, 0.717) is 6.54 Å². The third kappa shape index (κ3) is 2.78. The number of benzene rings is 1. The Morgan fingerprint density at radius 1 is 1.40 bits per heavy atom. The van der Waals surface area contributed by atoms with Gasteiger partial charge in [-0.1, -0.05) is 35.4 Å². The highest BCUT2D eigenvalue weighted by Crippen LogP contribution is 2.27. The first-order chi connectivity index (χ1) is 9.61. The van der Waals surface area contributed by atoms with Crippen LogP contribution < -0.4 is 0 Å². The number of hydrogen-bond donors (Lipinski definition) is 1. The van der Waals surface area contributed by atoms with Gasteiger partial charge in [0.05, 0.1) is 5.92 Å². The molecule has 1 saturated heterocycles. The molecule has 1 aliphatic heterocycles. The number of rotatable bonds is 3. The second kappa shape index (κ2) is 5.41. The molecule has 0 radical (unpaired) electrons. The molecule has 1 aliphatic carbocycles. The minimum absolute atomic E-state index is 0.172. The first kappa shape index (κ1) is 13.4. The van der Waals surface area contributed by atoms with Crippen LogP contribution in [-0.2, 0) is 11.2 Å². The number of fused-ring (bicyclic) bond motifs is 1. The van der Waals surface area contributed by atoms with E-state index in [1.165, 1.54) is 22.3 Å². The molecule has 1 aromatic rings. The monoisotopic (exact) mass is 271 g/mol. The molecule has 106 valence electrons. The summed E-state index contributed by atoms with van der Waals surface area (Å²) in [6, 6.07) is 6.64. The van der Waals surface area contributed by atoms with E-state index >= 15 is 0 Å². The smallest absolute Gasteiger partial charge is 0.307 e. The maximum atomic E-state index is 11.0. The quantitative estimate of drug-likeness (QED) is 0.919. The largest absolute Gasteiger partial charge is 0.481 e. The van der Waals surface area contributed by atoms with Crippen LogP contribution in [0.4, 0.5) is 0 Å². The van der Waals surface area contributed by atoms with Gasteiger partial charge in [-0.3, -0.25) is 9.69 Å². The van der Waals surface area contributed by atoms with Gasteiger partial charge in [0, 0.05) is 13.1 Å². The van der Waals surface area contributed by atoms with Gasteiger partial charge in [-0.15, -0.1) is 0 Å². The molecular formula is C17H21NO2. The van der Waals surface area contributed by atoms with Gasteiger partial charge in [-0.25, -0.2) is 0 Å². The number of nitrogens with zero attached hydrogens (tertiary/aromatic N) is 1. The van der Waals surface area contributed by atoms with Gasteiger partial charge in [0.25, 0.3) is 0 Å². The van der Waals surface area contributed by atoms with Crippen molar-refractivity contribution in [1.29, 1.82) is 0 Å². The van der Waals surface area contributed by atoms with Crippen molar-refractivity contribution in [2.24, 2.45) is 5.92 Å². The lowest BCUT2D eigenvalue weighted by molar-refractivity contribution is -0.141. The maximum absolute atomic E-state index is 11.0. The molecule has 3 rings (SSSR count). The van der Waals surface area contributed by atoms with E-state index < -0.39 is 5.97 Å². The molecule has 1 fully saturated rings. The normalized spacial score (nSPS) is 22.4. The second-order valence-electron chi connectivity index (χ2n) is 6.06. The number of aliphatic carboxylic acids is 1. The Morgan fingerprint density at radius 3 is 3.00 bits per heavy atom. The first-order valence-corrected chi connectivity index (χ1v) is 7.36. The average Bonchev–Trinajstić information content (AvgIpc) is 2.88. The van der Waals surface area contributed by atoms with E-state index in [0.717, 1.165) is 32.4 Å². The highest BCUT2D eigenvalue weighted by Gasteiger charge is 2.28. The summed E-state index contributed by atoms with van der Waals surface area (Å²) in [7, 11) is 0. The van der Waals surface area contributed by atoms with Gasteiger partial charge in [0.15, 0.2) is 0 Å². The van der Waals surface area contributed by atoms with Gasteiger partial charge in [0.2, 0.25) is 0 Å². The zero-order chi connectivity index (χ0) is 14.1. The van der Waals surface area contributed by atoms with Crippen LogP contribution in [0.2, 0.25) is 0 Å². The number of carboxylic acids is 1. The summed E-state index contributed by atoms with van der Waals surface area (Å²) in [5, 5.41) is 9.05. The summed E-state index contributed by atoms with van der Waals surface area (Å²) < 4.78 is 0. The number of carboxylic acid groups (broad SMARTS) is 1. The van der Waals surface area contributed by atoms with Crippen molar-refractivity contribution in [3.05, 3.63) is 40.5 Å². The Bertz CT molecular complexity index is 562. The molecule has 20 heavy (non-hydrogen) atoms. The summed E-state index contributed by atoms with van der Waals surface area (Å²) in [6.45, 7) is 4.68. The Morgan fingerprint density at radius 2 is 2.25 bits per heavy atom. The molecule has 3 heteroatoms. The van der Waals surface area contributed by atoms with Gasteiger partial charge in [-0.05, 0) is 43.9 Å². The van der Waals surface area contributed by atoms with Crippen LogP contribution in [0.25, 0.3) is 6.08 Å². The molecule has 0 spiro atoms. The average molecular weight is 271 g/mol. The third-order valence-corrected chi connectivity index (χ3v) is 4.42. The third-order valence-electron chi connectivity index (χ3n) is 4.42. The summed E-state index contributed by atoms with van der Waals surface area (Å²) in [5.74, 6) is -0.819. The fourth-order valence-electron chi connectivity index (χ4n) is 3.27. The standard InChI is InChI=1S/C17H21NO2/c1-12-2-4-15-9-13(3-5-14(15)8-12)10-18-7-6-16(11-18)17(19)20/h2,4,8-9,16H,3,5-7,10-11H2,1H3,(H,19,20). The summed E-state index contributed by atoms with van der Waals surface area (Å²) in [6.07, 6.45) is 5.30. The van der Waals surface area contributed by atoms with Crippen LogP contribution in [0.3, 0.4) is 0 Å². The minimum Gasteiger partial charge on any atom is -0.481 e. The molecule has 0 saturated carbocycles. The predicted octanol–water partition coefficient (Wildman–Crippen LogP) is 2.73. The van der Waals surface area contributed by atoms with Crippen molar-refractivity contribution < 1.29 is 9.90 Å². The minimum atomic E-state index is -0.647. The van der Waals surface area contributed by atoms with Crippen molar-refractivity contribution in [3.63, 3.8) is 0 Å². The molecule has 1 atom stereocenters. The topological polar surface area (TPSA) is 40.5 Å². The fraction of sp³-hybridized carbons (Fsp3) is 0.471. The number of carbonyl (C=O) groups is 1. The molecule has 0 amide bonds. The van der Waals surface area contributed by atoms with Crippen LogP contribution in [0.15, 0.2) is 23.8 Å². The van der Waals surface area contributed by atoms with Crippen molar-refractivity contribution in [3.8, 4) is 0 Å². The summed E-state index contributed by atoms with van der Waals surface area (Å²) in [4.78, 5) is 13.3. The SMILES string of the molecule is Cc1ccc2c(c1)CCC(CN1CCC(C(=O)O)C1)=C2. The van der Waals surface area contributed by atoms with Crippen LogP contribution in [0.5, 0.6) is 0 Å². The lowest BCUT2D eigenvalue weighted by atomic mass is 9.91. The van der Waals surface area contributed by atoms with E-state index in [9.17, 15) is 4.79 Å². The number of hydrogen-bond acceptors (Lipinski definition) is 2. The Hall–Kier alpha value is -1.61. The van der Waals surface area contributed by atoms with E-state index in [2.05, 4.69) is 36.1 Å². The fourth-order valence-corrected chi connectivity index (χ4v) is 3.27. The zero-order valence-corrected chi connectivity index (χ0v) is 11.9. The second-order valence-corrected chi connectivity index (χ2v) is 6.06. The Labute approximate surface area is 119 Å². The molecule has 1 aromatic carbocycles. The van der Waals surface area contributed by atoms with Crippen LogP contribution in [0, 0.1) is 12.8 Å². The van der Waals surface area contributed by atoms with Gasteiger partial charge in [0.1, 0.15) is 0 Å². The highest BCUT2D eigenvalue weighted by atomic mass is 16.4. The highest BCUT2D eigenvalue weighted by molar-refractivity contribution is 5.70. The molecule has 2 aliphatic rings. The first-order valence-electron chi connectivity index (χ1n) is 7.36. The van der Waals surface area contributed by atoms with Gasteiger partial charge >= 0.3 is 5.97 Å². The molecular weight excluding hydrogens is 250 g/mol. The molecule has 1 unspecified atom stereocenters. The lowest BCUT2D eigenvalue weighted by Crippen LogP contribution is -2.26. The maximum Gasteiger partial charge on any atom is 0.307 e. The predicted molar refractivity (Wildman–Crippen MR) is 79.7 cm³/mol. The lowest BCUT2D eigenvalue weighted by Gasteiger charge is -2.22. The van der Waals surface area contributed by atoms with Crippen molar-refractivity contribution in [2.45, 2.75) is 26.2 Å². The van der Waals surface area contributed by atoms with E-state index in [1.54, 1.807) is 0 Å². The van der Waals surface area contributed by atoms with Gasteiger partial charge in [-0.2, -0.15) is 0 Å². The molecule has 1 N–H and O–H groups in total. The molecule has 0 aromatic heterocycles. The summed E-state index contributed by atoms with van der Waals surface area (Å²) >= 11 is 0. The summed E-state index contributed by atoms with van der Waals surface area (Å²) in [5.41, 5.74) is 5.54. The van der Waals surface area contributed by atoms with E-state index in [-0.39, 0.29) is 5.92 Å². The number of likely N-dealkylation sites (tertiary alicyclic amines) is 1. The van der Waals surface area contributed by atoms with Crippen LogP contribution in [-0.4, -0.2) is 35.6 Å². The Balaban J connectivity index is 1.68. The Kier molecular flexibility index (Phi) is 3.62. The molecule has 0 bridgehead atoms. The van der Waals surface area contributed by atoms with Crippen molar-refractivity contribution in [1.82, 2.24) is 4.90 Å². The van der Waals surface area contributed by atoms with E-state index in [4.69, 9.17) is 5.11 Å². The van der Waals surface area contributed by atoms with Crippen LogP contribution in [0.1, 0.15) is 29.5 Å². The zero-order valence-electron chi connectivity index (χ0n) is 11.9. The van der Waals surface area contributed by atoms with Crippen molar-refractivity contribution in [2.75, 3.05) is 19.6 Å². The van der Waals surface area contributed by atoms with E-state index in [1.807, 2.05) is 0 Å². The van der Waals surface area contributed by atoms with Crippen molar-refractivity contribution >= 4 is 12.0 Å².